The SMILES string of the molecule is CC(C)C(=O)C[C@@H]1C(=O)N2C(C(=O)C(C)C)=C(C(C)C)CS[C@H]12. The first-order valence-electron chi connectivity index (χ1n) is 8.41. The molecule has 2 atom stereocenters. The van der Waals surface area contributed by atoms with Crippen LogP contribution in [0.5, 0.6) is 0 Å². The van der Waals surface area contributed by atoms with Crippen LogP contribution in [0.3, 0.4) is 0 Å². The van der Waals surface area contributed by atoms with Crippen molar-refractivity contribution in [3.8, 4) is 0 Å². The van der Waals surface area contributed by atoms with Gasteiger partial charge in [0.15, 0.2) is 5.78 Å². The monoisotopic (exact) mass is 337 g/mol. The van der Waals surface area contributed by atoms with Gasteiger partial charge < -0.3 is 0 Å². The quantitative estimate of drug-likeness (QED) is 0.698. The predicted molar refractivity (Wildman–Crippen MR) is 92.8 cm³/mol. The second kappa shape index (κ2) is 6.80. The van der Waals surface area contributed by atoms with Crippen molar-refractivity contribution in [2.24, 2.45) is 23.7 Å². The molecule has 1 fully saturated rings. The zero-order chi connectivity index (χ0) is 17.5. The fraction of sp³-hybridized carbons (Fsp3) is 0.722. The Hall–Kier alpha value is -1.10. The highest BCUT2D eigenvalue weighted by Crippen LogP contribution is 2.47. The second-order valence-corrected chi connectivity index (χ2v) is 8.49. The Morgan fingerprint density at radius 3 is 2.22 bits per heavy atom. The fourth-order valence-electron chi connectivity index (χ4n) is 2.98. The number of allylic oxidation sites excluding steroid dienone is 1. The van der Waals surface area contributed by atoms with Crippen molar-refractivity contribution in [2.75, 3.05) is 5.75 Å². The average Bonchev–Trinajstić information content (AvgIpc) is 2.49. The summed E-state index contributed by atoms with van der Waals surface area (Å²) in [5.74, 6) is 0.671. The number of β-lactam (4-membered cyclic amide) rings is 1. The van der Waals surface area contributed by atoms with E-state index in [1.165, 1.54) is 0 Å². The highest BCUT2D eigenvalue weighted by molar-refractivity contribution is 8.00. The van der Waals surface area contributed by atoms with Crippen molar-refractivity contribution in [1.29, 1.82) is 0 Å². The third-order valence-corrected chi connectivity index (χ3v) is 5.99. The van der Waals surface area contributed by atoms with Gasteiger partial charge in [-0.05, 0) is 11.5 Å². The fourth-order valence-corrected chi connectivity index (χ4v) is 4.60. The van der Waals surface area contributed by atoms with Gasteiger partial charge in [0.1, 0.15) is 5.78 Å². The molecule has 1 saturated heterocycles. The molecule has 0 unspecified atom stereocenters. The minimum atomic E-state index is -0.265. The Morgan fingerprint density at radius 1 is 1.13 bits per heavy atom. The molecule has 0 aromatic heterocycles. The van der Waals surface area contributed by atoms with E-state index in [1.807, 2.05) is 27.7 Å². The van der Waals surface area contributed by atoms with Crippen LogP contribution in [0.25, 0.3) is 0 Å². The Bertz CT molecular complexity index is 563. The molecule has 4 nitrogen and oxygen atoms in total. The Morgan fingerprint density at radius 2 is 1.74 bits per heavy atom. The van der Waals surface area contributed by atoms with E-state index < -0.39 is 0 Å². The van der Waals surface area contributed by atoms with Gasteiger partial charge in [-0.25, -0.2) is 0 Å². The second-order valence-electron chi connectivity index (χ2n) is 7.39. The maximum Gasteiger partial charge on any atom is 0.234 e. The highest BCUT2D eigenvalue weighted by atomic mass is 32.2. The number of ketones is 2. The van der Waals surface area contributed by atoms with Crippen molar-refractivity contribution in [3.63, 3.8) is 0 Å². The van der Waals surface area contributed by atoms with E-state index in [0.29, 0.717) is 12.1 Å². The van der Waals surface area contributed by atoms with Gasteiger partial charge in [-0.3, -0.25) is 19.3 Å². The third-order valence-electron chi connectivity index (χ3n) is 4.63. The largest absolute Gasteiger partial charge is 0.299 e. The number of rotatable bonds is 6. The maximum atomic E-state index is 12.7. The summed E-state index contributed by atoms with van der Waals surface area (Å²) in [5.41, 5.74) is 1.67. The van der Waals surface area contributed by atoms with Crippen LogP contribution in [0, 0.1) is 23.7 Å². The number of fused-ring (bicyclic) bond motifs is 1. The number of nitrogens with zero attached hydrogens (tertiary/aromatic N) is 1. The number of hydrogen-bond donors (Lipinski definition) is 0. The summed E-state index contributed by atoms with van der Waals surface area (Å²) in [6.45, 7) is 11.6. The predicted octanol–water partition coefficient (Wildman–Crippen LogP) is 3.27. The lowest BCUT2D eigenvalue weighted by atomic mass is 9.85. The lowest BCUT2D eigenvalue weighted by Gasteiger charge is -2.51. The van der Waals surface area contributed by atoms with Crippen LogP contribution in [0.15, 0.2) is 11.3 Å². The van der Waals surface area contributed by atoms with Crippen LogP contribution in [0.4, 0.5) is 0 Å². The van der Waals surface area contributed by atoms with Crippen LogP contribution in [-0.4, -0.2) is 33.5 Å². The molecule has 2 aliphatic heterocycles. The minimum Gasteiger partial charge on any atom is -0.299 e. The van der Waals surface area contributed by atoms with E-state index in [0.717, 1.165) is 11.3 Å². The van der Waals surface area contributed by atoms with Crippen LogP contribution in [0.2, 0.25) is 0 Å². The molecule has 2 aliphatic rings. The maximum absolute atomic E-state index is 12.7. The van der Waals surface area contributed by atoms with E-state index in [2.05, 4.69) is 13.8 Å². The highest BCUT2D eigenvalue weighted by Gasteiger charge is 2.53. The lowest BCUT2D eigenvalue weighted by molar-refractivity contribution is -0.151. The smallest absolute Gasteiger partial charge is 0.234 e. The molecule has 0 saturated carbocycles. The molecule has 5 heteroatoms. The summed E-state index contributed by atoms with van der Waals surface area (Å²) in [7, 11) is 0. The molecule has 2 rings (SSSR count). The molecule has 0 bridgehead atoms. The summed E-state index contributed by atoms with van der Waals surface area (Å²) < 4.78 is 0. The first-order valence-corrected chi connectivity index (χ1v) is 9.46. The van der Waals surface area contributed by atoms with E-state index in [4.69, 9.17) is 0 Å². The summed E-state index contributed by atoms with van der Waals surface area (Å²) in [6, 6.07) is 0. The first-order chi connectivity index (χ1) is 10.7. The molecular formula is C18H27NO3S. The molecule has 128 valence electrons. The Labute approximate surface area is 143 Å². The molecule has 0 aromatic carbocycles. The molecule has 23 heavy (non-hydrogen) atoms. The zero-order valence-electron chi connectivity index (χ0n) is 14.9. The molecule has 1 amide bonds. The van der Waals surface area contributed by atoms with Gasteiger partial charge in [0, 0.05) is 24.0 Å². The Kier molecular flexibility index (Phi) is 5.39. The molecule has 0 aromatic rings. The van der Waals surface area contributed by atoms with E-state index in [9.17, 15) is 14.4 Å². The van der Waals surface area contributed by atoms with Crippen molar-refractivity contribution in [3.05, 3.63) is 11.3 Å². The third kappa shape index (κ3) is 3.25. The van der Waals surface area contributed by atoms with Crippen LogP contribution < -0.4 is 0 Å². The molecule has 2 heterocycles. The first kappa shape index (κ1) is 18.2. The number of carbonyl (C=O) groups is 3. The lowest BCUT2D eigenvalue weighted by Crippen LogP contribution is -2.62. The summed E-state index contributed by atoms with van der Waals surface area (Å²) >= 11 is 1.69. The van der Waals surface area contributed by atoms with Gasteiger partial charge in [0.2, 0.25) is 5.91 Å². The number of hydrogen-bond acceptors (Lipinski definition) is 4. The summed E-state index contributed by atoms with van der Waals surface area (Å²) in [5, 5.41) is -0.0506. The van der Waals surface area contributed by atoms with Crippen molar-refractivity contribution in [1.82, 2.24) is 4.90 Å². The summed E-state index contributed by atoms with van der Waals surface area (Å²) in [4.78, 5) is 39.0. The van der Waals surface area contributed by atoms with Crippen LogP contribution in [-0.2, 0) is 14.4 Å². The van der Waals surface area contributed by atoms with Crippen molar-refractivity contribution >= 4 is 29.2 Å². The zero-order valence-corrected chi connectivity index (χ0v) is 15.7. The number of thioether (sulfide) groups is 1. The number of Topliss-reactive ketones (excluding diaryl/α,β-unsaturated/α-hetero) is 2. The molecule has 0 spiro atoms. The van der Waals surface area contributed by atoms with Crippen LogP contribution >= 0.6 is 11.8 Å². The van der Waals surface area contributed by atoms with Gasteiger partial charge in [-0.2, -0.15) is 0 Å². The summed E-state index contributed by atoms with van der Waals surface area (Å²) in [6.07, 6.45) is 0.296. The topological polar surface area (TPSA) is 54.5 Å². The van der Waals surface area contributed by atoms with E-state index in [-0.39, 0.29) is 46.5 Å². The van der Waals surface area contributed by atoms with Gasteiger partial charge in [0.05, 0.1) is 17.0 Å². The average molecular weight is 337 g/mol. The molecular weight excluding hydrogens is 310 g/mol. The van der Waals surface area contributed by atoms with Gasteiger partial charge in [0.25, 0.3) is 0 Å². The minimum absolute atomic E-state index is 0.0426. The molecule has 0 aliphatic carbocycles. The van der Waals surface area contributed by atoms with E-state index >= 15 is 0 Å². The standard InChI is InChI=1S/C18H27NO3S/c1-9(2)13-8-23-18-12(7-14(20)10(3)4)17(22)19(18)15(13)16(21)11(5)6/h9-12,18H,7-8H2,1-6H3/t12-,18-/m1/s1. The molecule has 0 radical (unpaired) electrons. The molecule has 0 N–H and O–H groups in total. The van der Waals surface area contributed by atoms with Gasteiger partial charge in [-0.15, -0.1) is 11.8 Å². The van der Waals surface area contributed by atoms with E-state index in [1.54, 1.807) is 16.7 Å². The van der Waals surface area contributed by atoms with Gasteiger partial charge >= 0.3 is 0 Å². The van der Waals surface area contributed by atoms with Crippen molar-refractivity contribution in [2.45, 2.75) is 53.3 Å². The number of carbonyl (C=O) groups excluding carboxylic acids is 3. The van der Waals surface area contributed by atoms with Crippen molar-refractivity contribution < 1.29 is 14.4 Å². The Balaban J connectivity index is 2.29. The normalized spacial score (nSPS) is 24.4. The van der Waals surface area contributed by atoms with Crippen LogP contribution in [0.1, 0.15) is 48.0 Å². The van der Waals surface area contributed by atoms with Gasteiger partial charge in [-0.1, -0.05) is 41.5 Å². The number of amides is 1.